The van der Waals surface area contributed by atoms with Gasteiger partial charge in [0, 0.05) is 24.0 Å². The molecule has 1 fully saturated rings. The second-order valence-electron chi connectivity index (χ2n) is 4.83. The summed E-state index contributed by atoms with van der Waals surface area (Å²) in [4.78, 5) is 0. The first-order chi connectivity index (χ1) is 8.31. The molecule has 1 aromatic heterocycles. The topological polar surface area (TPSA) is 4.93 Å². The van der Waals surface area contributed by atoms with Crippen LogP contribution in [0.5, 0.6) is 0 Å². The van der Waals surface area contributed by atoms with Gasteiger partial charge in [-0.1, -0.05) is 36.9 Å². The number of aryl methyl sites for hydroxylation is 1. The van der Waals surface area contributed by atoms with Crippen molar-refractivity contribution >= 4 is 6.20 Å². The van der Waals surface area contributed by atoms with Gasteiger partial charge in [-0.15, -0.1) is 0 Å². The van der Waals surface area contributed by atoms with Gasteiger partial charge in [-0.05, 0) is 36.5 Å². The molecule has 1 saturated carbocycles. The Labute approximate surface area is 102 Å². The molecule has 0 aliphatic heterocycles. The quantitative estimate of drug-likeness (QED) is 0.736. The molecule has 1 aliphatic rings. The highest BCUT2D eigenvalue weighted by molar-refractivity contribution is 5.41. The summed E-state index contributed by atoms with van der Waals surface area (Å²) in [5, 5.41) is 0. The van der Waals surface area contributed by atoms with E-state index in [4.69, 9.17) is 0 Å². The number of hydrogen-bond acceptors (Lipinski definition) is 0. The summed E-state index contributed by atoms with van der Waals surface area (Å²) in [5.74, 6) is 1.37. The Morgan fingerprint density at radius 3 is 2.65 bits per heavy atom. The fraction of sp³-hybridized carbons (Fsp3) is 0.250. The van der Waals surface area contributed by atoms with Gasteiger partial charge in [-0.3, -0.25) is 0 Å². The van der Waals surface area contributed by atoms with E-state index < -0.39 is 0 Å². The smallest absolute Gasteiger partial charge is 0.0287 e. The lowest BCUT2D eigenvalue weighted by molar-refractivity contribution is 0.918. The summed E-state index contributed by atoms with van der Waals surface area (Å²) in [6.45, 7) is 6.07. The van der Waals surface area contributed by atoms with Gasteiger partial charge in [-0.2, -0.15) is 0 Å². The van der Waals surface area contributed by atoms with Gasteiger partial charge in [0.05, 0.1) is 0 Å². The van der Waals surface area contributed by atoms with E-state index in [9.17, 15) is 0 Å². The van der Waals surface area contributed by atoms with E-state index in [0.29, 0.717) is 11.8 Å². The van der Waals surface area contributed by atoms with Crippen molar-refractivity contribution < 1.29 is 0 Å². The van der Waals surface area contributed by atoms with Gasteiger partial charge in [0.15, 0.2) is 0 Å². The minimum absolute atomic E-state index is 0.672. The number of nitrogens with zero attached hydrogens (tertiary/aromatic N) is 1. The predicted octanol–water partition coefficient (Wildman–Crippen LogP) is 4.17. The lowest BCUT2D eigenvalue weighted by Gasteiger charge is -2.05. The Morgan fingerprint density at radius 2 is 1.94 bits per heavy atom. The lowest BCUT2D eigenvalue weighted by atomic mass is 10.1. The van der Waals surface area contributed by atoms with Crippen molar-refractivity contribution in [3.05, 3.63) is 66.0 Å². The molecule has 1 aromatic carbocycles. The van der Waals surface area contributed by atoms with E-state index in [1.54, 1.807) is 0 Å². The molecule has 0 amide bonds. The SMILES string of the molecule is C=Cn1ccc(C)c1C1CC1c1ccccc1. The average Bonchev–Trinajstić information content (AvgIpc) is 3.07. The summed E-state index contributed by atoms with van der Waals surface area (Å²) >= 11 is 0. The maximum Gasteiger partial charge on any atom is 0.0287 e. The summed E-state index contributed by atoms with van der Waals surface area (Å²) in [6.07, 6.45) is 5.28. The third-order valence-electron chi connectivity index (χ3n) is 3.73. The lowest BCUT2D eigenvalue weighted by Crippen LogP contribution is -1.94. The van der Waals surface area contributed by atoms with E-state index in [2.05, 4.69) is 60.7 Å². The molecule has 1 heteroatoms. The zero-order valence-electron chi connectivity index (χ0n) is 10.1. The average molecular weight is 223 g/mol. The minimum atomic E-state index is 0.672. The first-order valence-electron chi connectivity index (χ1n) is 6.16. The van der Waals surface area contributed by atoms with Gasteiger partial charge in [0.25, 0.3) is 0 Å². The number of aromatic nitrogens is 1. The van der Waals surface area contributed by atoms with Crippen LogP contribution >= 0.6 is 0 Å². The molecule has 0 saturated heterocycles. The molecule has 0 radical (unpaired) electrons. The van der Waals surface area contributed by atoms with Crippen molar-refractivity contribution in [2.24, 2.45) is 0 Å². The van der Waals surface area contributed by atoms with Gasteiger partial charge in [0.1, 0.15) is 0 Å². The van der Waals surface area contributed by atoms with E-state index in [1.807, 2.05) is 6.20 Å². The first-order valence-corrected chi connectivity index (χ1v) is 6.16. The van der Waals surface area contributed by atoms with Crippen LogP contribution in [0.1, 0.15) is 35.1 Å². The molecule has 1 aliphatic carbocycles. The Kier molecular flexibility index (Phi) is 2.40. The Bertz CT molecular complexity index is 536. The maximum absolute atomic E-state index is 3.88. The van der Waals surface area contributed by atoms with Crippen LogP contribution in [-0.2, 0) is 0 Å². The van der Waals surface area contributed by atoms with Crippen LogP contribution in [0.15, 0.2) is 49.2 Å². The van der Waals surface area contributed by atoms with Gasteiger partial charge < -0.3 is 4.57 Å². The largest absolute Gasteiger partial charge is 0.328 e. The molecule has 0 bridgehead atoms. The Hall–Kier alpha value is -1.76. The molecule has 17 heavy (non-hydrogen) atoms. The zero-order chi connectivity index (χ0) is 11.8. The molecule has 1 heterocycles. The maximum atomic E-state index is 3.88. The van der Waals surface area contributed by atoms with E-state index in [1.165, 1.54) is 23.2 Å². The van der Waals surface area contributed by atoms with Crippen LogP contribution in [0.3, 0.4) is 0 Å². The van der Waals surface area contributed by atoms with E-state index >= 15 is 0 Å². The Balaban J connectivity index is 1.89. The van der Waals surface area contributed by atoms with Gasteiger partial charge in [0.2, 0.25) is 0 Å². The third-order valence-corrected chi connectivity index (χ3v) is 3.73. The molecule has 86 valence electrons. The highest BCUT2D eigenvalue weighted by Crippen LogP contribution is 2.55. The molecule has 2 unspecified atom stereocenters. The highest BCUT2D eigenvalue weighted by atomic mass is 15.0. The van der Waals surface area contributed by atoms with Crippen molar-refractivity contribution in [3.63, 3.8) is 0 Å². The molecule has 3 rings (SSSR count). The van der Waals surface area contributed by atoms with Crippen molar-refractivity contribution in [1.29, 1.82) is 0 Å². The second-order valence-corrected chi connectivity index (χ2v) is 4.83. The number of rotatable bonds is 3. The fourth-order valence-electron chi connectivity index (χ4n) is 2.77. The monoisotopic (exact) mass is 223 g/mol. The van der Waals surface area contributed by atoms with E-state index in [0.717, 1.165) is 0 Å². The molecule has 1 nitrogen and oxygen atoms in total. The fourth-order valence-corrected chi connectivity index (χ4v) is 2.77. The molecular formula is C16H17N. The van der Waals surface area contributed by atoms with Gasteiger partial charge in [-0.25, -0.2) is 0 Å². The minimum Gasteiger partial charge on any atom is -0.328 e. The number of hydrogen-bond donors (Lipinski definition) is 0. The Morgan fingerprint density at radius 1 is 1.18 bits per heavy atom. The van der Waals surface area contributed by atoms with Crippen LogP contribution in [0.25, 0.3) is 6.20 Å². The highest BCUT2D eigenvalue weighted by Gasteiger charge is 2.41. The summed E-state index contributed by atoms with van der Waals surface area (Å²) in [7, 11) is 0. The van der Waals surface area contributed by atoms with Crippen LogP contribution in [0.2, 0.25) is 0 Å². The van der Waals surface area contributed by atoms with Gasteiger partial charge >= 0.3 is 0 Å². The molecule has 0 N–H and O–H groups in total. The molecule has 2 aromatic rings. The van der Waals surface area contributed by atoms with E-state index in [-0.39, 0.29) is 0 Å². The van der Waals surface area contributed by atoms with Crippen molar-refractivity contribution in [3.8, 4) is 0 Å². The normalized spacial score (nSPS) is 22.4. The standard InChI is InChI=1S/C16H17N/c1-3-17-10-9-12(2)16(17)15-11-14(15)13-7-5-4-6-8-13/h3-10,14-15H,1,11H2,2H3. The van der Waals surface area contributed by atoms with Crippen LogP contribution in [-0.4, -0.2) is 4.57 Å². The van der Waals surface area contributed by atoms with Crippen molar-refractivity contribution in [2.75, 3.05) is 0 Å². The summed E-state index contributed by atoms with van der Waals surface area (Å²) in [6, 6.07) is 13.0. The van der Waals surface area contributed by atoms with Crippen molar-refractivity contribution in [2.45, 2.75) is 25.2 Å². The predicted molar refractivity (Wildman–Crippen MR) is 72.1 cm³/mol. The molecule has 0 spiro atoms. The zero-order valence-corrected chi connectivity index (χ0v) is 10.1. The number of benzene rings is 1. The van der Waals surface area contributed by atoms with Crippen LogP contribution < -0.4 is 0 Å². The summed E-state index contributed by atoms with van der Waals surface area (Å²) in [5.41, 5.74) is 4.29. The molecular weight excluding hydrogens is 206 g/mol. The summed E-state index contributed by atoms with van der Waals surface area (Å²) < 4.78 is 2.17. The van der Waals surface area contributed by atoms with Crippen LogP contribution in [0, 0.1) is 6.92 Å². The van der Waals surface area contributed by atoms with Crippen LogP contribution in [0.4, 0.5) is 0 Å². The second kappa shape index (κ2) is 3.92. The molecule has 2 atom stereocenters. The van der Waals surface area contributed by atoms with Crippen molar-refractivity contribution in [1.82, 2.24) is 4.57 Å². The first kappa shape index (κ1) is 10.4. The third kappa shape index (κ3) is 1.72.